The lowest BCUT2D eigenvalue weighted by Gasteiger charge is -2.63. The molecule has 0 unspecified atom stereocenters. The molecule has 1 heterocycles. The predicted molar refractivity (Wildman–Crippen MR) is 97.4 cm³/mol. The highest BCUT2D eigenvalue weighted by molar-refractivity contribution is 7.12. The molecule has 1 aliphatic heterocycles. The molecule has 24 heavy (non-hydrogen) atoms. The van der Waals surface area contributed by atoms with Crippen molar-refractivity contribution in [2.75, 3.05) is 36.9 Å². The van der Waals surface area contributed by atoms with Crippen LogP contribution in [0.4, 0.5) is 11.4 Å². The molecule has 2 aromatic rings. The first kappa shape index (κ1) is 17.1. The number of anilines is 2. The van der Waals surface area contributed by atoms with Crippen LogP contribution in [0.3, 0.4) is 0 Å². The van der Waals surface area contributed by atoms with E-state index in [9.17, 15) is 0 Å². The van der Waals surface area contributed by atoms with Crippen LogP contribution in [-0.2, 0) is 17.7 Å². The van der Waals surface area contributed by atoms with E-state index in [4.69, 9.17) is 17.7 Å². The van der Waals surface area contributed by atoms with Gasteiger partial charge in [-0.05, 0) is 24.3 Å². The molecule has 0 aliphatic carbocycles. The summed E-state index contributed by atoms with van der Waals surface area (Å²) in [4.78, 5) is 0. The van der Waals surface area contributed by atoms with Gasteiger partial charge in [-0.15, -0.1) is 0 Å². The number of rotatable bonds is 6. The lowest BCUT2D eigenvalue weighted by Crippen LogP contribution is -2.98. The van der Waals surface area contributed by atoms with E-state index in [1.807, 2.05) is 60.7 Å². The van der Waals surface area contributed by atoms with E-state index >= 15 is 0 Å². The lowest BCUT2D eigenvalue weighted by molar-refractivity contribution is 0.181. The largest absolute Gasteiger partial charge is 0.581 e. The van der Waals surface area contributed by atoms with Crippen LogP contribution in [0, 0.1) is 0 Å². The summed E-state index contributed by atoms with van der Waals surface area (Å²) < 4.78 is 28.0. The summed E-state index contributed by atoms with van der Waals surface area (Å²) in [5.41, 5.74) is 1.94. The molecule has 128 valence electrons. The van der Waals surface area contributed by atoms with Gasteiger partial charge < -0.3 is 26.2 Å². The number of hydrogen-bond acceptors (Lipinski definition) is 6. The van der Waals surface area contributed by atoms with Gasteiger partial charge in [0.1, 0.15) is 0 Å². The van der Waals surface area contributed by atoms with E-state index in [-0.39, 0.29) is 0 Å². The molecule has 1 saturated heterocycles. The van der Waals surface area contributed by atoms with Crippen molar-refractivity contribution in [1.82, 2.24) is 0 Å². The Bertz CT molecular complexity index is 595. The SMILES string of the molecule is CO[Si]1(OC)N(c2ccccc2)[Si](OC)(OC)N1c1ccccc1. The van der Waals surface area contributed by atoms with Crippen LogP contribution in [0.25, 0.3) is 0 Å². The van der Waals surface area contributed by atoms with Crippen molar-refractivity contribution < 1.29 is 17.7 Å². The monoisotopic (exact) mass is 362 g/mol. The molecular weight excluding hydrogens is 340 g/mol. The highest BCUT2D eigenvalue weighted by atomic mass is 28.5. The van der Waals surface area contributed by atoms with Crippen LogP contribution in [0.15, 0.2) is 60.7 Å². The van der Waals surface area contributed by atoms with Crippen LogP contribution in [0.1, 0.15) is 0 Å². The third-order valence-electron chi connectivity index (χ3n) is 4.22. The Morgan fingerprint density at radius 3 is 1.08 bits per heavy atom. The van der Waals surface area contributed by atoms with Crippen LogP contribution >= 0.6 is 0 Å². The standard InChI is InChI=1S/C16H22N2O4Si2/c1-19-23(20-2)17(15-11-7-5-8-12-15)24(21-3,22-4)18(23)16-13-9-6-10-14-16/h5-14H,1-4H3. The molecule has 0 radical (unpaired) electrons. The molecule has 0 N–H and O–H groups in total. The number of nitrogens with zero attached hydrogens (tertiary/aromatic N) is 2. The van der Waals surface area contributed by atoms with E-state index in [2.05, 4.69) is 8.46 Å². The molecule has 0 aromatic heterocycles. The fourth-order valence-corrected chi connectivity index (χ4v) is 12.9. The van der Waals surface area contributed by atoms with E-state index in [1.165, 1.54) is 0 Å². The molecule has 3 rings (SSSR count). The molecule has 0 atom stereocenters. The lowest BCUT2D eigenvalue weighted by atomic mass is 10.3. The summed E-state index contributed by atoms with van der Waals surface area (Å²) >= 11 is 0. The average molecular weight is 363 g/mol. The summed E-state index contributed by atoms with van der Waals surface area (Å²) in [5.74, 6) is 0. The molecule has 6 nitrogen and oxygen atoms in total. The number of hydrogen-bond donors (Lipinski definition) is 0. The van der Waals surface area contributed by atoms with Gasteiger partial charge in [-0.1, -0.05) is 36.4 Å². The Morgan fingerprint density at radius 2 is 0.833 bits per heavy atom. The maximum atomic E-state index is 5.96. The van der Waals surface area contributed by atoms with Gasteiger partial charge in [-0.3, -0.25) is 0 Å². The van der Waals surface area contributed by atoms with Crippen LogP contribution in [0.2, 0.25) is 0 Å². The van der Waals surface area contributed by atoms with Gasteiger partial charge in [0.15, 0.2) is 0 Å². The predicted octanol–water partition coefficient (Wildman–Crippen LogP) is 2.47. The third-order valence-corrected chi connectivity index (χ3v) is 13.0. The first-order valence-corrected chi connectivity index (χ1v) is 11.0. The zero-order chi connectivity index (χ0) is 17.2. The third kappa shape index (κ3) is 2.23. The van der Waals surface area contributed by atoms with E-state index in [1.54, 1.807) is 28.4 Å². The zero-order valence-electron chi connectivity index (χ0n) is 14.3. The first-order valence-electron chi connectivity index (χ1n) is 7.61. The van der Waals surface area contributed by atoms with Gasteiger partial charge >= 0.3 is 17.8 Å². The molecule has 1 aliphatic rings. The smallest absolute Gasteiger partial charge is 0.366 e. The molecule has 8 heteroatoms. The summed E-state index contributed by atoms with van der Waals surface area (Å²) in [7, 11) is 0.827. The summed E-state index contributed by atoms with van der Waals surface area (Å²) in [5, 5.41) is 0. The molecule has 0 amide bonds. The van der Waals surface area contributed by atoms with Gasteiger partial charge in [0.2, 0.25) is 0 Å². The highest BCUT2D eigenvalue weighted by Gasteiger charge is 2.81. The maximum Gasteiger partial charge on any atom is 0.581 e. The zero-order valence-corrected chi connectivity index (χ0v) is 16.3. The topological polar surface area (TPSA) is 43.4 Å². The van der Waals surface area contributed by atoms with Gasteiger partial charge in [0, 0.05) is 39.8 Å². The second kappa shape index (κ2) is 6.67. The van der Waals surface area contributed by atoms with Crippen molar-refractivity contribution in [3.8, 4) is 0 Å². The summed E-state index contributed by atoms with van der Waals surface area (Å²) in [6.45, 7) is 0. The Balaban J connectivity index is 2.17. The van der Waals surface area contributed by atoms with E-state index in [0.29, 0.717) is 0 Å². The van der Waals surface area contributed by atoms with Crippen molar-refractivity contribution in [3.63, 3.8) is 0 Å². The molecular formula is C16H22N2O4Si2. The van der Waals surface area contributed by atoms with Crippen LogP contribution in [0.5, 0.6) is 0 Å². The van der Waals surface area contributed by atoms with Crippen molar-refractivity contribution >= 4 is 29.1 Å². The van der Waals surface area contributed by atoms with Crippen molar-refractivity contribution in [2.24, 2.45) is 0 Å². The van der Waals surface area contributed by atoms with Crippen molar-refractivity contribution in [3.05, 3.63) is 60.7 Å². The van der Waals surface area contributed by atoms with E-state index < -0.39 is 17.8 Å². The quantitative estimate of drug-likeness (QED) is 0.736. The van der Waals surface area contributed by atoms with Gasteiger partial charge in [-0.2, -0.15) is 0 Å². The number of benzene rings is 2. The molecule has 0 bridgehead atoms. The van der Waals surface area contributed by atoms with Crippen LogP contribution in [-0.4, -0.2) is 46.2 Å². The first-order chi connectivity index (χ1) is 11.7. The average Bonchev–Trinajstić information content (AvgIpc) is 2.64. The summed E-state index contributed by atoms with van der Waals surface area (Å²) in [6.07, 6.45) is 0. The minimum atomic E-state index is -2.93. The Hall–Kier alpha value is -1.69. The number of para-hydroxylation sites is 2. The Kier molecular flexibility index (Phi) is 4.77. The van der Waals surface area contributed by atoms with Crippen molar-refractivity contribution in [2.45, 2.75) is 0 Å². The van der Waals surface area contributed by atoms with Gasteiger partial charge in [-0.25, -0.2) is 0 Å². The highest BCUT2D eigenvalue weighted by Crippen LogP contribution is 2.46. The van der Waals surface area contributed by atoms with E-state index in [0.717, 1.165) is 11.4 Å². The minimum absolute atomic E-state index is 0.968. The molecule has 1 fully saturated rings. The maximum absolute atomic E-state index is 5.96. The van der Waals surface area contributed by atoms with Crippen molar-refractivity contribution in [1.29, 1.82) is 0 Å². The Morgan fingerprint density at radius 1 is 0.542 bits per heavy atom. The second-order valence-corrected chi connectivity index (χ2v) is 11.8. The van der Waals surface area contributed by atoms with Crippen LogP contribution < -0.4 is 8.46 Å². The molecule has 2 aromatic carbocycles. The second-order valence-electron chi connectivity index (χ2n) is 5.26. The van der Waals surface area contributed by atoms with Gasteiger partial charge in [0.25, 0.3) is 0 Å². The molecule has 0 spiro atoms. The normalized spacial score (nSPS) is 18.3. The molecule has 0 saturated carbocycles. The minimum Gasteiger partial charge on any atom is -0.366 e. The Labute approximate surface area is 144 Å². The fraction of sp³-hybridized carbons (Fsp3) is 0.250. The van der Waals surface area contributed by atoms with Gasteiger partial charge in [0.05, 0.1) is 0 Å². The fourth-order valence-electron chi connectivity index (χ4n) is 3.22. The summed E-state index contributed by atoms with van der Waals surface area (Å²) in [6, 6.07) is 19.9.